The van der Waals surface area contributed by atoms with Crippen LogP contribution in [0.25, 0.3) is 11.6 Å². The van der Waals surface area contributed by atoms with Gasteiger partial charge in [0.15, 0.2) is 17.2 Å². The average Bonchev–Trinajstić information content (AvgIpc) is 3.47. The monoisotopic (exact) mass is 394 g/mol. The smallest absolute Gasteiger partial charge is 0.320 e. The van der Waals surface area contributed by atoms with Crippen LogP contribution < -0.4 is 20.1 Å². The maximum absolute atomic E-state index is 5.73. The van der Waals surface area contributed by atoms with Crippen LogP contribution >= 0.6 is 11.5 Å². The lowest BCUT2D eigenvalue weighted by atomic mass is 10.2. The topological polar surface area (TPSA) is 107 Å². The second-order valence-corrected chi connectivity index (χ2v) is 6.52. The first kappa shape index (κ1) is 16.5. The van der Waals surface area contributed by atoms with E-state index in [0.29, 0.717) is 29.6 Å². The normalized spacial score (nSPS) is 12.1. The van der Waals surface area contributed by atoms with Crippen molar-refractivity contribution in [3.05, 3.63) is 53.7 Å². The molecule has 1 aliphatic rings. The molecule has 0 saturated carbocycles. The van der Waals surface area contributed by atoms with Gasteiger partial charge in [-0.25, -0.2) is 0 Å². The Morgan fingerprint density at radius 1 is 1.04 bits per heavy atom. The molecule has 10 heteroatoms. The second kappa shape index (κ2) is 7.16. The predicted octanol–water partition coefficient (Wildman–Crippen LogP) is 3.67. The maximum atomic E-state index is 5.73. The molecule has 0 atom stereocenters. The van der Waals surface area contributed by atoms with Crippen LogP contribution in [0, 0.1) is 0 Å². The van der Waals surface area contributed by atoms with E-state index in [2.05, 4.69) is 30.2 Å². The van der Waals surface area contributed by atoms with E-state index in [0.717, 1.165) is 16.9 Å². The molecule has 0 unspecified atom stereocenters. The molecule has 9 nitrogen and oxygen atoms in total. The van der Waals surface area contributed by atoms with Crippen LogP contribution in [0.1, 0.15) is 5.56 Å². The summed E-state index contributed by atoms with van der Waals surface area (Å²) in [5.41, 5.74) is 3.32. The van der Waals surface area contributed by atoms with Crippen molar-refractivity contribution in [1.29, 1.82) is 0 Å². The highest BCUT2D eigenvalue weighted by Crippen LogP contribution is 2.35. The average molecular weight is 394 g/mol. The Bertz CT molecular complexity index is 1100. The van der Waals surface area contributed by atoms with Crippen LogP contribution in [0.5, 0.6) is 11.5 Å². The molecule has 140 valence electrons. The van der Waals surface area contributed by atoms with Crippen molar-refractivity contribution in [2.24, 2.45) is 0 Å². The Morgan fingerprint density at radius 2 is 1.93 bits per heavy atom. The molecule has 4 heterocycles. The molecule has 0 saturated heterocycles. The SMILES string of the molecule is c1cc(CNc2csnc2-c2nnc(Nc3ccc4c(c3)OCO4)o2)ccn1. The van der Waals surface area contributed by atoms with Gasteiger partial charge in [0.05, 0.1) is 5.69 Å². The van der Waals surface area contributed by atoms with Crippen LogP contribution in [-0.2, 0) is 6.54 Å². The fourth-order valence-corrected chi connectivity index (χ4v) is 3.32. The molecule has 4 aromatic rings. The van der Waals surface area contributed by atoms with E-state index in [1.165, 1.54) is 11.5 Å². The third kappa shape index (κ3) is 3.32. The number of benzene rings is 1. The van der Waals surface area contributed by atoms with Crippen molar-refractivity contribution in [3.8, 4) is 23.1 Å². The Balaban J connectivity index is 1.30. The van der Waals surface area contributed by atoms with Crippen molar-refractivity contribution in [2.45, 2.75) is 6.54 Å². The van der Waals surface area contributed by atoms with Crippen molar-refractivity contribution < 1.29 is 13.9 Å². The van der Waals surface area contributed by atoms with Gasteiger partial charge in [-0.15, -0.1) is 5.10 Å². The van der Waals surface area contributed by atoms with Gasteiger partial charge in [0.2, 0.25) is 6.79 Å². The zero-order valence-corrected chi connectivity index (χ0v) is 15.3. The first-order chi connectivity index (χ1) is 13.8. The van der Waals surface area contributed by atoms with Crippen LogP contribution in [-0.4, -0.2) is 26.3 Å². The van der Waals surface area contributed by atoms with Gasteiger partial charge in [0.1, 0.15) is 0 Å². The van der Waals surface area contributed by atoms with Crippen molar-refractivity contribution in [1.82, 2.24) is 19.6 Å². The molecular weight excluding hydrogens is 380 g/mol. The van der Waals surface area contributed by atoms with Gasteiger partial charge in [-0.3, -0.25) is 4.98 Å². The summed E-state index contributed by atoms with van der Waals surface area (Å²) in [5, 5.41) is 16.5. The van der Waals surface area contributed by atoms with Crippen molar-refractivity contribution >= 4 is 28.9 Å². The number of anilines is 3. The molecule has 3 aromatic heterocycles. The van der Waals surface area contributed by atoms with E-state index >= 15 is 0 Å². The minimum atomic E-state index is 0.225. The third-order valence-electron chi connectivity index (χ3n) is 4.05. The number of pyridine rings is 1. The summed E-state index contributed by atoms with van der Waals surface area (Å²) >= 11 is 1.32. The summed E-state index contributed by atoms with van der Waals surface area (Å²) < 4.78 is 20.8. The Kier molecular flexibility index (Phi) is 4.22. The highest BCUT2D eigenvalue weighted by molar-refractivity contribution is 7.04. The summed E-state index contributed by atoms with van der Waals surface area (Å²) in [6, 6.07) is 9.66. The van der Waals surface area contributed by atoms with Gasteiger partial charge in [-0.2, -0.15) is 4.37 Å². The number of aromatic nitrogens is 4. The Labute approximate surface area is 163 Å². The zero-order valence-electron chi connectivity index (χ0n) is 14.5. The highest BCUT2D eigenvalue weighted by atomic mass is 32.1. The number of fused-ring (bicyclic) bond motifs is 1. The van der Waals surface area contributed by atoms with E-state index < -0.39 is 0 Å². The summed E-state index contributed by atoms with van der Waals surface area (Å²) in [6.07, 6.45) is 3.52. The quantitative estimate of drug-likeness (QED) is 0.506. The minimum Gasteiger partial charge on any atom is -0.454 e. The molecule has 0 radical (unpaired) electrons. The predicted molar refractivity (Wildman–Crippen MR) is 103 cm³/mol. The lowest BCUT2D eigenvalue weighted by molar-refractivity contribution is 0.174. The summed E-state index contributed by atoms with van der Waals surface area (Å²) in [6.45, 7) is 0.868. The van der Waals surface area contributed by atoms with Crippen LogP contribution in [0.2, 0.25) is 0 Å². The van der Waals surface area contributed by atoms with Crippen LogP contribution in [0.4, 0.5) is 17.4 Å². The fraction of sp³-hybridized carbons (Fsp3) is 0.111. The molecule has 1 aliphatic heterocycles. The maximum Gasteiger partial charge on any atom is 0.320 e. The van der Waals surface area contributed by atoms with Gasteiger partial charge in [-0.05, 0) is 41.4 Å². The lowest BCUT2D eigenvalue weighted by Crippen LogP contribution is -1.99. The fourth-order valence-electron chi connectivity index (χ4n) is 2.68. The van der Waals surface area contributed by atoms with E-state index in [1.54, 1.807) is 12.4 Å². The van der Waals surface area contributed by atoms with Gasteiger partial charge in [0, 0.05) is 36.1 Å². The summed E-state index contributed by atoms with van der Waals surface area (Å²) in [5.74, 6) is 1.72. The molecule has 5 rings (SSSR count). The second-order valence-electron chi connectivity index (χ2n) is 5.89. The van der Waals surface area contributed by atoms with Crippen molar-refractivity contribution in [2.75, 3.05) is 17.4 Å². The molecule has 0 spiro atoms. The Morgan fingerprint density at radius 3 is 2.86 bits per heavy atom. The number of hydrogen-bond donors (Lipinski definition) is 2. The van der Waals surface area contributed by atoms with Gasteiger partial charge < -0.3 is 24.5 Å². The number of nitrogens with one attached hydrogen (secondary N) is 2. The Hall–Kier alpha value is -3.66. The number of rotatable bonds is 6. The molecule has 0 amide bonds. The van der Waals surface area contributed by atoms with Gasteiger partial charge in [0.25, 0.3) is 5.89 Å². The molecule has 28 heavy (non-hydrogen) atoms. The first-order valence-electron chi connectivity index (χ1n) is 8.43. The molecule has 0 fully saturated rings. The van der Waals surface area contributed by atoms with Gasteiger partial charge >= 0.3 is 6.01 Å². The van der Waals surface area contributed by atoms with Gasteiger partial charge in [-0.1, -0.05) is 5.10 Å². The zero-order chi connectivity index (χ0) is 18.8. The summed E-state index contributed by atoms with van der Waals surface area (Å²) in [7, 11) is 0. The van der Waals surface area contributed by atoms with E-state index in [1.807, 2.05) is 35.7 Å². The number of hydrogen-bond acceptors (Lipinski definition) is 10. The van der Waals surface area contributed by atoms with Crippen LogP contribution in [0.15, 0.2) is 52.5 Å². The standard InChI is InChI=1S/C18H14N6O3S/c1-2-14-15(26-10-25-14)7-12(1)21-18-23-22-17(27-18)16-13(9-28-24-16)20-8-11-3-5-19-6-4-11/h1-7,9,20H,8,10H2,(H,21,23). The number of nitrogens with zero attached hydrogens (tertiary/aromatic N) is 4. The molecule has 0 bridgehead atoms. The highest BCUT2D eigenvalue weighted by Gasteiger charge is 2.17. The van der Waals surface area contributed by atoms with E-state index in [4.69, 9.17) is 13.9 Å². The van der Waals surface area contributed by atoms with Crippen molar-refractivity contribution in [3.63, 3.8) is 0 Å². The van der Waals surface area contributed by atoms with E-state index in [9.17, 15) is 0 Å². The lowest BCUT2D eigenvalue weighted by Gasteiger charge is -2.04. The first-order valence-corrected chi connectivity index (χ1v) is 9.26. The minimum absolute atomic E-state index is 0.225. The molecular formula is C18H14N6O3S. The largest absolute Gasteiger partial charge is 0.454 e. The van der Waals surface area contributed by atoms with E-state index in [-0.39, 0.29) is 12.8 Å². The van der Waals surface area contributed by atoms with Crippen LogP contribution in [0.3, 0.4) is 0 Å². The molecule has 0 aliphatic carbocycles. The molecule has 1 aromatic carbocycles. The molecule has 2 N–H and O–H groups in total. The number of ether oxygens (including phenoxy) is 2. The third-order valence-corrected chi connectivity index (χ3v) is 4.68. The summed E-state index contributed by atoms with van der Waals surface area (Å²) in [4.78, 5) is 4.02.